The largest absolute Gasteiger partial charge is 0.496 e. The number of aromatic amines is 1. The third-order valence-corrected chi connectivity index (χ3v) is 6.24. The van der Waals surface area contributed by atoms with E-state index in [0.717, 1.165) is 29.7 Å². The number of hydrogen-bond acceptors (Lipinski definition) is 4. The van der Waals surface area contributed by atoms with Crippen LogP contribution in [0.1, 0.15) is 46.3 Å². The van der Waals surface area contributed by atoms with Gasteiger partial charge in [-0.15, -0.1) is 0 Å². The Labute approximate surface area is 197 Å². The Bertz CT molecular complexity index is 1230. The summed E-state index contributed by atoms with van der Waals surface area (Å²) in [6, 6.07) is 10.5. The number of carbonyl (C=O) groups is 2. The zero-order valence-electron chi connectivity index (χ0n) is 18.6. The molecule has 33 heavy (non-hydrogen) atoms. The van der Waals surface area contributed by atoms with Crippen LogP contribution in [-0.2, 0) is 6.42 Å². The molecular formula is C25H27ClN4O3. The highest BCUT2D eigenvalue weighted by Gasteiger charge is 2.26. The average molecular weight is 467 g/mol. The van der Waals surface area contributed by atoms with Crippen LogP contribution in [0.15, 0.2) is 36.4 Å². The zero-order chi connectivity index (χ0) is 23.7. The van der Waals surface area contributed by atoms with E-state index >= 15 is 0 Å². The molecule has 8 heteroatoms. The second-order valence-electron chi connectivity index (χ2n) is 8.25. The maximum Gasteiger partial charge on any atom is 0.265 e. The maximum absolute atomic E-state index is 12.7. The van der Waals surface area contributed by atoms with Gasteiger partial charge in [-0.05, 0) is 55.0 Å². The van der Waals surface area contributed by atoms with Crippen molar-refractivity contribution in [3.8, 4) is 28.0 Å². The number of H-pyrrole nitrogens is 1. The van der Waals surface area contributed by atoms with Crippen LogP contribution in [0.25, 0.3) is 22.3 Å². The highest BCUT2D eigenvalue weighted by molar-refractivity contribution is 6.34. The summed E-state index contributed by atoms with van der Waals surface area (Å²) in [5, 5.41) is 3.42. The third kappa shape index (κ3) is 4.54. The fraction of sp³-hybridized carbons (Fsp3) is 0.280. The molecule has 1 saturated carbocycles. The highest BCUT2D eigenvalue weighted by Crippen LogP contribution is 2.43. The molecule has 0 radical (unpaired) electrons. The fourth-order valence-corrected chi connectivity index (χ4v) is 4.29. The van der Waals surface area contributed by atoms with Crippen molar-refractivity contribution in [2.24, 2.45) is 11.7 Å². The van der Waals surface area contributed by atoms with Crippen molar-refractivity contribution in [2.45, 2.75) is 26.2 Å². The van der Waals surface area contributed by atoms with Crippen LogP contribution in [0.5, 0.6) is 5.75 Å². The molecule has 0 atom stereocenters. The van der Waals surface area contributed by atoms with Crippen molar-refractivity contribution >= 4 is 29.1 Å². The molecule has 1 aliphatic rings. The zero-order valence-corrected chi connectivity index (χ0v) is 19.4. The molecule has 1 fully saturated rings. The first kappa shape index (κ1) is 22.7. The van der Waals surface area contributed by atoms with Crippen LogP contribution in [-0.4, -0.2) is 30.5 Å². The van der Waals surface area contributed by atoms with Gasteiger partial charge in [0.05, 0.1) is 17.7 Å². The lowest BCUT2D eigenvalue weighted by molar-refractivity contribution is 0.0947. The van der Waals surface area contributed by atoms with Gasteiger partial charge in [-0.25, -0.2) is 0 Å². The van der Waals surface area contributed by atoms with Crippen LogP contribution < -0.4 is 21.5 Å². The Hall–Kier alpha value is -3.45. The number of ether oxygens (including phenoxy) is 1. The maximum atomic E-state index is 12.7. The molecular weight excluding hydrogens is 440 g/mol. The number of amides is 2. The second-order valence-corrected chi connectivity index (χ2v) is 8.66. The van der Waals surface area contributed by atoms with Crippen LogP contribution in [0.4, 0.5) is 5.69 Å². The molecule has 1 aromatic heterocycles. The van der Waals surface area contributed by atoms with E-state index in [4.69, 9.17) is 27.8 Å². The van der Waals surface area contributed by atoms with Gasteiger partial charge in [-0.3, -0.25) is 9.59 Å². The molecule has 0 bridgehead atoms. The lowest BCUT2D eigenvalue weighted by Gasteiger charge is -2.14. The van der Waals surface area contributed by atoms with E-state index < -0.39 is 5.91 Å². The highest BCUT2D eigenvalue weighted by atomic mass is 35.5. The van der Waals surface area contributed by atoms with Crippen molar-refractivity contribution in [3.05, 3.63) is 58.4 Å². The predicted molar refractivity (Wildman–Crippen MR) is 131 cm³/mol. The van der Waals surface area contributed by atoms with Gasteiger partial charge in [0.1, 0.15) is 11.4 Å². The van der Waals surface area contributed by atoms with E-state index in [-0.39, 0.29) is 11.6 Å². The minimum absolute atomic E-state index is 0.189. The van der Waals surface area contributed by atoms with Gasteiger partial charge in [0.15, 0.2) is 0 Å². The van der Waals surface area contributed by atoms with Gasteiger partial charge >= 0.3 is 0 Å². The van der Waals surface area contributed by atoms with Gasteiger partial charge in [0.25, 0.3) is 11.8 Å². The first-order valence-electron chi connectivity index (χ1n) is 10.9. The normalized spacial score (nSPS) is 13.1. The number of nitrogens with two attached hydrogens (primary N) is 2. The number of benzene rings is 2. The van der Waals surface area contributed by atoms with E-state index in [9.17, 15) is 9.59 Å². The van der Waals surface area contributed by atoms with Gasteiger partial charge in [0, 0.05) is 34.6 Å². The quantitative estimate of drug-likeness (QED) is 0.367. The average Bonchev–Trinajstić information content (AvgIpc) is 3.55. The summed E-state index contributed by atoms with van der Waals surface area (Å²) in [6.45, 7) is 2.63. The summed E-state index contributed by atoms with van der Waals surface area (Å²) < 4.78 is 5.54. The number of methoxy groups -OCH3 is 1. The molecule has 1 heterocycles. The number of halogens is 1. The molecule has 0 aliphatic heterocycles. The smallest absolute Gasteiger partial charge is 0.265 e. The second kappa shape index (κ2) is 9.19. The molecule has 0 spiro atoms. The van der Waals surface area contributed by atoms with Gasteiger partial charge in [-0.1, -0.05) is 30.7 Å². The van der Waals surface area contributed by atoms with Crippen molar-refractivity contribution in [3.63, 3.8) is 0 Å². The monoisotopic (exact) mass is 466 g/mol. The molecule has 2 amide bonds. The minimum atomic E-state index is -0.595. The molecule has 0 saturated heterocycles. The van der Waals surface area contributed by atoms with Crippen LogP contribution in [0.3, 0.4) is 0 Å². The Balaban J connectivity index is 1.86. The van der Waals surface area contributed by atoms with Crippen molar-refractivity contribution < 1.29 is 14.3 Å². The summed E-state index contributed by atoms with van der Waals surface area (Å²) in [6.07, 6.45) is 2.92. The number of nitrogens with one attached hydrogen (secondary N) is 2. The number of rotatable bonds is 8. The van der Waals surface area contributed by atoms with Crippen LogP contribution >= 0.6 is 11.6 Å². The summed E-state index contributed by atoms with van der Waals surface area (Å²) in [4.78, 5) is 28.2. The van der Waals surface area contributed by atoms with E-state index in [0.29, 0.717) is 52.0 Å². The van der Waals surface area contributed by atoms with E-state index in [1.165, 1.54) is 7.11 Å². The van der Waals surface area contributed by atoms with Crippen molar-refractivity contribution in [1.82, 2.24) is 10.3 Å². The number of carbonyl (C=O) groups excluding carboxylic acids is 2. The standard InChI is InChI=1S/C25H27ClN4O3/c1-3-19-22(16-9-7-15(27)11-18(16)26)21(23(30-19)24(28)31)14-6-8-17(20(10-14)33-2)25(32)29-12-13-4-5-13/h6-11,13,30H,3-5,12,27H2,1-2H3,(H2,28,31)(H,29,32). The summed E-state index contributed by atoms with van der Waals surface area (Å²) in [5.74, 6) is 0.190. The molecule has 3 aromatic rings. The fourth-order valence-electron chi connectivity index (χ4n) is 4.01. The first-order valence-corrected chi connectivity index (χ1v) is 11.3. The number of aryl methyl sites for hydroxylation is 1. The minimum Gasteiger partial charge on any atom is -0.496 e. The number of nitrogen functional groups attached to an aromatic ring is 1. The van der Waals surface area contributed by atoms with Gasteiger partial charge < -0.3 is 26.5 Å². The lowest BCUT2D eigenvalue weighted by Crippen LogP contribution is -2.25. The summed E-state index contributed by atoms with van der Waals surface area (Å²) in [7, 11) is 1.51. The Morgan fingerprint density at radius 3 is 2.55 bits per heavy atom. The molecule has 4 rings (SSSR count). The third-order valence-electron chi connectivity index (χ3n) is 5.92. The molecule has 172 valence electrons. The number of aromatic nitrogens is 1. The van der Waals surface area contributed by atoms with Gasteiger partial charge in [0.2, 0.25) is 0 Å². The SMILES string of the molecule is CCc1[nH]c(C(N)=O)c(-c2ccc(C(=O)NCC3CC3)c(OC)c2)c1-c1ccc(N)cc1Cl. The van der Waals surface area contributed by atoms with E-state index in [1.54, 1.807) is 30.3 Å². The molecule has 2 aromatic carbocycles. The van der Waals surface area contributed by atoms with Crippen molar-refractivity contribution in [1.29, 1.82) is 0 Å². The molecule has 6 N–H and O–H groups in total. The summed E-state index contributed by atoms with van der Waals surface area (Å²) >= 11 is 6.54. The number of hydrogen-bond donors (Lipinski definition) is 4. The topological polar surface area (TPSA) is 123 Å². The number of anilines is 1. The lowest BCUT2D eigenvalue weighted by atomic mass is 9.93. The number of primary amides is 1. The molecule has 7 nitrogen and oxygen atoms in total. The van der Waals surface area contributed by atoms with E-state index in [2.05, 4.69) is 10.3 Å². The first-order chi connectivity index (χ1) is 15.8. The summed E-state index contributed by atoms with van der Waals surface area (Å²) in [5.41, 5.74) is 16.5. The van der Waals surface area contributed by atoms with Crippen LogP contribution in [0.2, 0.25) is 5.02 Å². The Morgan fingerprint density at radius 1 is 1.18 bits per heavy atom. The van der Waals surface area contributed by atoms with E-state index in [1.807, 2.05) is 13.0 Å². The molecule has 0 unspecified atom stereocenters. The van der Waals surface area contributed by atoms with Crippen molar-refractivity contribution in [2.75, 3.05) is 19.4 Å². The Morgan fingerprint density at radius 2 is 1.94 bits per heavy atom. The van der Waals surface area contributed by atoms with Gasteiger partial charge in [-0.2, -0.15) is 0 Å². The molecule has 1 aliphatic carbocycles. The van der Waals surface area contributed by atoms with Crippen LogP contribution in [0, 0.1) is 5.92 Å². The predicted octanol–water partition coefficient (Wildman–Crippen LogP) is 4.39. The Kier molecular flexibility index (Phi) is 6.33.